The maximum absolute atomic E-state index is 12.9. The Labute approximate surface area is 147 Å². The molecule has 0 amide bonds. The third kappa shape index (κ3) is 3.53. The van der Waals surface area contributed by atoms with Crippen LogP contribution in [0.1, 0.15) is 12.5 Å². The second-order valence-corrected chi connectivity index (χ2v) is 6.57. The molecule has 0 aliphatic carbocycles. The van der Waals surface area contributed by atoms with Gasteiger partial charge in [-0.15, -0.1) is 22.0 Å². The number of pyridine rings is 1. The summed E-state index contributed by atoms with van der Waals surface area (Å²) in [5.41, 5.74) is 0.267. The van der Waals surface area contributed by atoms with Gasteiger partial charge in [0.15, 0.2) is 11.6 Å². The van der Waals surface area contributed by atoms with Crippen LogP contribution in [0.15, 0.2) is 47.5 Å². The maximum Gasteiger partial charge on any atom is 0.416 e. The number of thioether (sulfide) groups is 1. The lowest BCUT2D eigenvalue weighted by Crippen LogP contribution is -2.06. The summed E-state index contributed by atoms with van der Waals surface area (Å²) in [7, 11) is 1.72. The molecule has 0 aliphatic heterocycles. The molecule has 3 rings (SSSR count). The highest BCUT2D eigenvalue weighted by Crippen LogP contribution is 2.33. The van der Waals surface area contributed by atoms with Gasteiger partial charge < -0.3 is 4.57 Å². The van der Waals surface area contributed by atoms with Crippen LogP contribution in [-0.4, -0.2) is 25.5 Å². The van der Waals surface area contributed by atoms with Gasteiger partial charge >= 0.3 is 6.18 Å². The van der Waals surface area contributed by atoms with Gasteiger partial charge in [-0.3, -0.25) is 4.98 Å². The van der Waals surface area contributed by atoms with Gasteiger partial charge in [0, 0.05) is 23.7 Å². The molecule has 0 saturated carbocycles. The topological polar surface area (TPSA) is 43.6 Å². The first-order chi connectivity index (χ1) is 11.9. The third-order valence-corrected chi connectivity index (χ3v) is 4.57. The van der Waals surface area contributed by atoms with Crippen molar-refractivity contribution in [3.63, 3.8) is 0 Å². The van der Waals surface area contributed by atoms with Gasteiger partial charge in [0.2, 0.25) is 0 Å². The predicted octanol–water partition coefficient (Wildman–Crippen LogP) is 4.67. The first-order valence-electron chi connectivity index (χ1n) is 7.57. The molecule has 0 unspecified atom stereocenters. The molecule has 2 aromatic heterocycles. The molecule has 0 spiro atoms. The van der Waals surface area contributed by atoms with E-state index in [4.69, 9.17) is 0 Å². The van der Waals surface area contributed by atoms with E-state index in [-0.39, 0.29) is 11.5 Å². The molecule has 3 aromatic rings. The van der Waals surface area contributed by atoms with Crippen LogP contribution in [0.5, 0.6) is 0 Å². The molecule has 0 atom stereocenters. The van der Waals surface area contributed by atoms with Crippen LogP contribution in [0.4, 0.5) is 13.2 Å². The van der Waals surface area contributed by atoms with Crippen LogP contribution < -0.4 is 0 Å². The van der Waals surface area contributed by atoms with Crippen molar-refractivity contribution in [3.05, 3.63) is 48.2 Å². The minimum Gasteiger partial charge on any atom is -0.309 e. The Bertz CT molecular complexity index is 890. The molecular weight excluding hydrogens is 349 g/mol. The highest BCUT2D eigenvalue weighted by Gasteiger charge is 2.31. The van der Waals surface area contributed by atoms with Crippen LogP contribution in [-0.2, 0) is 13.2 Å². The van der Waals surface area contributed by atoms with Crippen molar-refractivity contribution in [1.29, 1.82) is 0 Å². The highest BCUT2D eigenvalue weighted by molar-refractivity contribution is 7.99. The molecule has 1 aromatic carbocycles. The van der Waals surface area contributed by atoms with Crippen LogP contribution in [0.2, 0.25) is 0 Å². The summed E-state index contributed by atoms with van der Waals surface area (Å²) >= 11 is 1.67. The molecule has 25 heavy (non-hydrogen) atoms. The smallest absolute Gasteiger partial charge is 0.309 e. The second-order valence-electron chi connectivity index (χ2n) is 5.26. The summed E-state index contributed by atoms with van der Waals surface area (Å²) in [5.74, 6) is 1.78. The Morgan fingerprint density at radius 2 is 1.80 bits per heavy atom. The van der Waals surface area contributed by atoms with Crippen molar-refractivity contribution < 1.29 is 13.2 Å². The Hall–Kier alpha value is -2.35. The second kappa shape index (κ2) is 6.87. The summed E-state index contributed by atoms with van der Waals surface area (Å²) in [4.78, 5) is 5.07. The molecule has 130 valence electrons. The van der Waals surface area contributed by atoms with Crippen LogP contribution in [0, 0.1) is 0 Å². The molecule has 0 radical (unpaired) electrons. The maximum atomic E-state index is 12.9. The van der Waals surface area contributed by atoms with Crippen molar-refractivity contribution in [2.45, 2.75) is 18.0 Å². The normalized spacial score (nSPS) is 11.7. The fourth-order valence-electron chi connectivity index (χ4n) is 2.45. The minimum atomic E-state index is -4.43. The average molecular weight is 364 g/mol. The zero-order valence-corrected chi connectivity index (χ0v) is 14.4. The summed E-state index contributed by atoms with van der Waals surface area (Å²) in [6.45, 7) is 2.05. The molecule has 0 fully saturated rings. The Balaban J connectivity index is 2.06. The number of hydrogen-bond donors (Lipinski definition) is 0. The number of hydrogen-bond acceptors (Lipinski definition) is 4. The zero-order valence-electron chi connectivity index (χ0n) is 13.6. The van der Waals surface area contributed by atoms with E-state index in [1.165, 1.54) is 0 Å². The van der Waals surface area contributed by atoms with Gasteiger partial charge in [0.1, 0.15) is 5.69 Å². The summed E-state index contributed by atoms with van der Waals surface area (Å²) in [5, 5.41) is 8.24. The first-order valence-corrected chi connectivity index (χ1v) is 8.55. The van der Waals surface area contributed by atoms with Crippen molar-refractivity contribution in [2.75, 3.05) is 5.75 Å². The minimum absolute atomic E-state index is 0.136. The van der Waals surface area contributed by atoms with Gasteiger partial charge in [0.05, 0.1) is 5.56 Å². The summed E-state index contributed by atoms with van der Waals surface area (Å²) < 4.78 is 40.4. The fourth-order valence-corrected chi connectivity index (χ4v) is 3.25. The number of halogens is 3. The van der Waals surface area contributed by atoms with E-state index in [0.717, 1.165) is 34.5 Å². The van der Waals surface area contributed by atoms with Gasteiger partial charge in [0.25, 0.3) is 0 Å². The molecule has 0 bridgehead atoms. The van der Waals surface area contributed by atoms with E-state index in [2.05, 4.69) is 22.1 Å². The molecule has 4 nitrogen and oxygen atoms in total. The quantitative estimate of drug-likeness (QED) is 0.631. The number of nitrogens with zero attached hydrogens (tertiary/aromatic N) is 4. The van der Waals surface area contributed by atoms with Crippen LogP contribution in [0.3, 0.4) is 0 Å². The van der Waals surface area contributed by atoms with E-state index in [1.54, 1.807) is 23.4 Å². The predicted molar refractivity (Wildman–Crippen MR) is 91.1 cm³/mol. The lowest BCUT2D eigenvalue weighted by Gasteiger charge is -2.09. The summed E-state index contributed by atoms with van der Waals surface area (Å²) in [6, 6.07) is 9.67. The van der Waals surface area contributed by atoms with Crippen LogP contribution in [0.25, 0.3) is 22.9 Å². The molecule has 0 aliphatic rings. The SMILES string of the molecule is CCSc1ccccc1-c1nnc(-c2cc(C(F)(F)F)ccn2)n1C. The highest BCUT2D eigenvalue weighted by atomic mass is 32.2. The number of rotatable bonds is 4. The molecule has 2 heterocycles. The number of alkyl halides is 3. The average Bonchev–Trinajstić information content (AvgIpc) is 2.96. The lowest BCUT2D eigenvalue weighted by molar-refractivity contribution is -0.137. The Morgan fingerprint density at radius 3 is 2.52 bits per heavy atom. The zero-order chi connectivity index (χ0) is 18.0. The molecule has 8 heteroatoms. The Morgan fingerprint density at radius 1 is 1.08 bits per heavy atom. The van der Waals surface area contributed by atoms with E-state index in [0.29, 0.717) is 5.82 Å². The molecule has 0 N–H and O–H groups in total. The standard InChI is InChI=1S/C17H15F3N4S/c1-3-25-14-7-5-4-6-12(14)15-22-23-16(24(15)2)13-10-11(8-9-21-13)17(18,19)20/h4-10H,3H2,1-2H3. The largest absolute Gasteiger partial charge is 0.416 e. The van der Waals surface area contributed by atoms with Gasteiger partial charge in [-0.2, -0.15) is 13.2 Å². The lowest BCUT2D eigenvalue weighted by atomic mass is 10.2. The van der Waals surface area contributed by atoms with Gasteiger partial charge in [-0.05, 0) is 24.0 Å². The number of aromatic nitrogens is 4. The Kier molecular flexibility index (Phi) is 4.80. The van der Waals surface area contributed by atoms with E-state index >= 15 is 0 Å². The van der Waals surface area contributed by atoms with E-state index in [9.17, 15) is 13.2 Å². The van der Waals surface area contributed by atoms with Crippen molar-refractivity contribution in [3.8, 4) is 22.9 Å². The van der Waals surface area contributed by atoms with Crippen molar-refractivity contribution in [2.24, 2.45) is 7.05 Å². The summed E-state index contributed by atoms with van der Waals surface area (Å²) in [6.07, 6.45) is -3.29. The first kappa shape index (κ1) is 17.5. The van der Waals surface area contributed by atoms with Gasteiger partial charge in [-0.1, -0.05) is 25.1 Å². The van der Waals surface area contributed by atoms with E-state index in [1.807, 2.05) is 24.3 Å². The molecule has 0 saturated heterocycles. The number of benzene rings is 1. The van der Waals surface area contributed by atoms with Gasteiger partial charge in [-0.25, -0.2) is 0 Å². The van der Waals surface area contributed by atoms with Crippen molar-refractivity contribution in [1.82, 2.24) is 19.7 Å². The van der Waals surface area contributed by atoms with Crippen molar-refractivity contribution >= 4 is 11.8 Å². The molecular formula is C17H15F3N4S. The third-order valence-electron chi connectivity index (χ3n) is 3.62. The fraction of sp³-hybridized carbons (Fsp3) is 0.235. The monoisotopic (exact) mass is 364 g/mol. The van der Waals surface area contributed by atoms with E-state index < -0.39 is 11.7 Å². The van der Waals surface area contributed by atoms with Crippen LogP contribution >= 0.6 is 11.8 Å².